The Morgan fingerprint density at radius 1 is 0.500 bits per heavy atom. The van der Waals surface area contributed by atoms with Gasteiger partial charge in [0, 0.05) is 0 Å². The van der Waals surface area contributed by atoms with Gasteiger partial charge in [-0.2, -0.15) is 0 Å². The van der Waals surface area contributed by atoms with E-state index in [1.807, 2.05) is 0 Å². The van der Waals surface area contributed by atoms with E-state index in [-0.39, 0.29) is 0 Å². The predicted octanol–water partition coefficient (Wildman–Crippen LogP) is 3.13. The summed E-state index contributed by atoms with van der Waals surface area (Å²) in [6.45, 7) is 6.57. The Bertz CT molecular complexity index is 681. The molecule has 0 heterocycles. The van der Waals surface area contributed by atoms with E-state index in [0.29, 0.717) is 0 Å². The molecular formula is C21H21Sn. The Kier molecular flexibility index (Phi) is 4.68. The van der Waals surface area contributed by atoms with Gasteiger partial charge in [-0.25, -0.2) is 0 Å². The summed E-state index contributed by atoms with van der Waals surface area (Å²) < 4.78 is 4.66. The van der Waals surface area contributed by atoms with Gasteiger partial charge in [-0.15, -0.1) is 0 Å². The van der Waals surface area contributed by atoms with E-state index in [1.165, 1.54) is 16.7 Å². The topological polar surface area (TPSA) is 0 Å². The zero-order chi connectivity index (χ0) is 15.5. The number of benzene rings is 3. The van der Waals surface area contributed by atoms with Crippen molar-refractivity contribution in [2.45, 2.75) is 20.8 Å². The summed E-state index contributed by atoms with van der Waals surface area (Å²) in [7, 11) is 0. The van der Waals surface area contributed by atoms with E-state index in [4.69, 9.17) is 0 Å². The van der Waals surface area contributed by atoms with Crippen LogP contribution in [0.2, 0.25) is 0 Å². The van der Waals surface area contributed by atoms with E-state index < -0.39 is 19.8 Å². The first kappa shape index (κ1) is 15.4. The Morgan fingerprint density at radius 3 is 1.09 bits per heavy atom. The second-order valence-corrected chi connectivity index (χ2v) is 13.1. The fourth-order valence-electron chi connectivity index (χ4n) is 2.90. The molecule has 22 heavy (non-hydrogen) atoms. The Labute approximate surface area is 140 Å². The summed E-state index contributed by atoms with van der Waals surface area (Å²) in [4.78, 5) is 0. The summed E-state index contributed by atoms with van der Waals surface area (Å²) >= 11 is -2.09. The molecule has 0 nitrogen and oxygen atoms in total. The van der Waals surface area contributed by atoms with Crippen LogP contribution in [0.1, 0.15) is 16.7 Å². The number of hydrogen-bond acceptors (Lipinski definition) is 0. The quantitative estimate of drug-likeness (QED) is 0.601. The maximum absolute atomic E-state index is 2.39. The number of aryl methyl sites for hydroxylation is 3. The second-order valence-electron chi connectivity index (χ2n) is 5.98. The van der Waals surface area contributed by atoms with Crippen molar-refractivity contribution in [2.24, 2.45) is 0 Å². The minimum atomic E-state index is -2.09. The molecule has 0 aromatic heterocycles. The van der Waals surface area contributed by atoms with E-state index >= 15 is 0 Å². The first-order chi connectivity index (χ1) is 10.6. The summed E-state index contributed by atoms with van der Waals surface area (Å²) in [6.07, 6.45) is 0. The van der Waals surface area contributed by atoms with Crippen molar-refractivity contribution in [3.05, 3.63) is 89.5 Å². The van der Waals surface area contributed by atoms with Crippen molar-refractivity contribution in [3.63, 3.8) is 0 Å². The van der Waals surface area contributed by atoms with Gasteiger partial charge in [0.25, 0.3) is 0 Å². The van der Waals surface area contributed by atoms with Crippen LogP contribution in [0.25, 0.3) is 0 Å². The summed E-state index contributed by atoms with van der Waals surface area (Å²) in [5, 5.41) is 0. The first-order valence-corrected chi connectivity index (χ1v) is 12.0. The van der Waals surface area contributed by atoms with Crippen LogP contribution in [0, 0.1) is 20.8 Å². The molecule has 0 saturated carbocycles. The molecule has 0 atom stereocenters. The van der Waals surface area contributed by atoms with Crippen molar-refractivity contribution < 1.29 is 0 Å². The van der Waals surface area contributed by atoms with Crippen molar-refractivity contribution in [1.82, 2.24) is 0 Å². The van der Waals surface area contributed by atoms with Crippen LogP contribution in [0.4, 0.5) is 0 Å². The summed E-state index contributed by atoms with van der Waals surface area (Å²) in [6, 6.07) is 27.3. The van der Waals surface area contributed by atoms with Crippen molar-refractivity contribution in [2.75, 3.05) is 0 Å². The molecule has 0 aliphatic carbocycles. The summed E-state index contributed by atoms with van der Waals surface area (Å²) in [5.74, 6) is 0. The monoisotopic (exact) mass is 393 g/mol. The van der Waals surface area contributed by atoms with Crippen molar-refractivity contribution in [1.29, 1.82) is 0 Å². The van der Waals surface area contributed by atoms with Crippen LogP contribution in [-0.2, 0) is 0 Å². The van der Waals surface area contributed by atoms with Gasteiger partial charge in [0.2, 0.25) is 0 Å². The van der Waals surface area contributed by atoms with Gasteiger partial charge < -0.3 is 0 Å². The van der Waals surface area contributed by atoms with Gasteiger partial charge in [0.05, 0.1) is 0 Å². The van der Waals surface area contributed by atoms with Crippen LogP contribution in [-0.4, -0.2) is 19.8 Å². The fourth-order valence-corrected chi connectivity index (χ4v) is 11.2. The van der Waals surface area contributed by atoms with Gasteiger partial charge in [-0.3, -0.25) is 0 Å². The zero-order valence-electron chi connectivity index (χ0n) is 13.4. The molecule has 0 bridgehead atoms. The third-order valence-electron chi connectivity index (χ3n) is 3.92. The SMILES string of the molecule is Cc1ccc[c]([Sn]([c]2cccc(C)c2)[c]2cccc(C)c2)c1. The molecular weight excluding hydrogens is 371 g/mol. The van der Waals surface area contributed by atoms with Gasteiger partial charge >= 0.3 is 141 Å². The normalized spacial score (nSPS) is 10.9. The molecule has 3 aromatic rings. The molecule has 1 heteroatoms. The Morgan fingerprint density at radius 2 is 0.818 bits per heavy atom. The van der Waals surface area contributed by atoms with Crippen LogP contribution < -0.4 is 10.7 Å². The predicted molar refractivity (Wildman–Crippen MR) is 98.2 cm³/mol. The molecule has 0 aliphatic heterocycles. The molecule has 0 aliphatic rings. The second kappa shape index (κ2) is 6.70. The van der Waals surface area contributed by atoms with E-state index in [2.05, 4.69) is 93.6 Å². The standard InChI is InChI=1S/3C7H7.Sn/c3*1-7-5-3-2-4-6-7;/h3*2-3,5-6H,1H3;. The van der Waals surface area contributed by atoms with Gasteiger partial charge in [0.1, 0.15) is 0 Å². The van der Waals surface area contributed by atoms with Gasteiger partial charge in [0.15, 0.2) is 0 Å². The van der Waals surface area contributed by atoms with Crippen LogP contribution in [0.15, 0.2) is 72.8 Å². The van der Waals surface area contributed by atoms with Gasteiger partial charge in [-0.1, -0.05) is 0 Å². The zero-order valence-corrected chi connectivity index (χ0v) is 16.3. The average Bonchev–Trinajstić information content (AvgIpc) is 2.48. The molecule has 0 amide bonds. The molecule has 3 aromatic carbocycles. The van der Waals surface area contributed by atoms with Crippen LogP contribution in [0.5, 0.6) is 0 Å². The average molecular weight is 392 g/mol. The molecule has 109 valence electrons. The van der Waals surface area contributed by atoms with Crippen molar-refractivity contribution in [3.8, 4) is 0 Å². The number of rotatable bonds is 3. The van der Waals surface area contributed by atoms with Crippen LogP contribution in [0.3, 0.4) is 0 Å². The minimum absolute atomic E-state index is 1.36. The molecule has 3 rings (SSSR count). The third-order valence-corrected chi connectivity index (χ3v) is 11.5. The number of hydrogen-bond donors (Lipinski definition) is 0. The third kappa shape index (κ3) is 3.44. The molecule has 0 spiro atoms. The van der Waals surface area contributed by atoms with E-state index in [1.54, 1.807) is 10.7 Å². The summed E-state index contributed by atoms with van der Waals surface area (Å²) in [5.41, 5.74) is 4.07. The van der Waals surface area contributed by atoms with Crippen molar-refractivity contribution >= 4 is 30.5 Å². The first-order valence-electron chi connectivity index (χ1n) is 7.71. The molecule has 0 saturated heterocycles. The molecule has 1 radical (unpaired) electrons. The van der Waals surface area contributed by atoms with Crippen LogP contribution >= 0.6 is 0 Å². The van der Waals surface area contributed by atoms with E-state index in [9.17, 15) is 0 Å². The Hall–Kier alpha value is -1.54. The fraction of sp³-hybridized carbons (Fsp3) is 0.143. The molecule has 0 N–H and O–H groups in total. The Balaban J connectivity index is 2.18. The molecule has 0 fully saturated rings. The molecule has 0 unspecified atom stereocenters. The van der Waals surface area contributed by atoms with E-state index in [0.717, 1.165) is 0 Å². The maximum atomic E-state index is 2.39. The van der Waals surface area contributed by atoms with Gasteiger partial charge in [-0.05, 0) is 0 Å².